The Morgan fingerprint density at radius 1 is 1.33 bits per heavy atom. The van der Waals surface area contributed by atoms with E-state index >= 15 is 0 Å². The van der Waals surface area contributed by atoms with Crippen LogP contribution >= 0.6 is 0 Å². The maximum absolute atomic E-state index is 11.7. The minimum Gasteiger partial charge on any atom is -0.497 e. The molecule has 0 aromatic heterocycles. The summed E-state index contributed by atoms with van der Waals surface area (Å²) in [5, 5.41) is 3.38. The minimum atomic E-state index is -2.93. The largest absolute Gasteiger partial charge is 0.497 e. The maximum Gasteiger partial charge on any atom is 0.150 e. The molecule has 0 radical (unpaired) electrons. The molecular weight excluding hydrogens is 286 g/mol. The number of methoxy groups -OCH3 is 1. The van der Waals surface area contributed by atoms with Crippen molar-refractivity contribution >= 4 is 9.84 Å². The van der Waals surface area contributed by atoms with Crippen molar-refractivity contribution < 1.29 is 13.2 Å². The molecule has 1 aromatic rings. The molecule has 5 heteroatoms. The van der Waals surface area contributed by atoms with Gasteiger partial charge in [0.05, 0.1) is 12.4 Å². The van der Waals surface area contributed by atoms with Crippen molar-refractivity contribution in [3.8, 4) is 5.75 Å². The number of sulfone groups is 1. The van der Waals surface area contributed by atoms with E-state index in [0.29, 0.717) is 6.42 Å². The topological polar surface area (TPSA) is 55.4 Å². The highest BCUT2D eigenvalue weighted by Crippen LogP contribution is 2.26. The van der Waals surface area contributed by atoms with Gasteiger partial charge in [-0.1, -0.05) is 18.6 Å². The molecule has 0 saturated heterocycles. The fourth-order valence-corrected chi connectivity index (χ4v) is 4.22. The van der Waals surface area contributed by atoms with Gasteiger partial charge in [-0.25, -0.2) is 8.42 Å². The Morgan fingerprint density at radius 2 is 2.10 bits per heavy atom. The molecule has 1 saturated carbocycles. The van der Waals surface area contributed by atoms with Gasteiger partial charge in [-0.3, -0.25) is 0 Å². The van der Waals surface area contributed by atoms with Crippen LogP contribution in [0.4, 0.5) is 0 Å². The van der Waals surface area contributed by atoms with Gasteiger partial charge < -0.3 is 10.1 Å². The molecule has 0 spiro atoms. The molecule has 1 fully saturated rings. The van der Waals surface area contributed by atoms with E-state index in [2.05, 4.69) is 18.3 Å². The number of rotatable bonds is 5. The van der Waals surface area contributed by atoms with E-state index in [1.807, 2.05) is 18.2 Å². The Bertz CT molecular complexity index is 571. The van der Waals surface area contributed by atoms with E-state index in [4.69, 9.17) is 4.74 Å². The third-order valence-electron chi connectivity index (χ3n) is 4.31. The monoisotopic (exact) mass is 311 g/mol. The number of ether oxygens (including phenoxy) is 1. The Kier molecular flexibility index (Phi) is 5.27. The lowest BCUT2D eigenvalue weighted by Crippen LogP contribution is -2.39. The lowest BCUT2D eigenvalue weighted by molar-refractivity contribution is 0.345. The quantitative estimate of drug-likeness (QED) is 0.908. The van der Waals surface area contributed by atoms with Gasteiger partial charge in [-0.05, 0) is 43.9 Å². The van der Waals surface area contributed by atoms with Crippen molar-refractivity contribution in [2.75, 3.05) is 13.4 Å². The van der Waals surface area contributed by atoms with Crippen molar-refractivity contribution in [1.29, 1.82) is 0 Å². The first-order chi connectivity index (χ1) is 9.90. The number of hydrogen-bond donors (Lipinski definition) is 1. The molecule has 1 aromatic carbocycles. The van der Waals surface area contributed by atoms with Crippen LogP contribution in [0.3, 0.4) is 0 Å². The Morgan fingerprint density at radius 3 is 2.76 bits per heavy atom. The Hall–Kier alpha value is -1.07. The van der Waals surface area contributed by atoms with E-state index in [9.17, 15) is 8.42 Å². The second-order valence-corrected chi connectivity index (χ2v) is 8.31. The number of benzene rings is 1. The molecule has 2 rings (SSSR count). The first-order valence-corrected chi connectivity index (χ1v) is 9.44. The summed E-state index contributed by atoms with van der Waals surface area (Å²) in [6.07, 6.45) is 4.88. The lowest BCUT2D eigenvalue weighted by Gasteiger charge is -2.31. The molecule has 3 atom stereocenters. The summed E-state index contributed by atoms with van der Waals surface area (Å²) >= 11 is 0. The van der Waals surface area contributed by atoms with E-state index in [-0.39, 0.29) is 17.3 Å². The van der Waals surface area contributed by atoms with Crippen LogP contribution in [0.5, 0.6) is 5.75 Å². The van der Waals surface area contributed by atoms with E-state index in [0.717, 1.165) is 30.6 Å². The highest BCUT2D eigenvalue weighted by atomic mass is 32.2. The predicted molar refractivity (Wildman–Crippen MR) is 85.4 cm³/mol. The van der Waals surface area contributed by atoms with Crippen molar-refractivity contribution in [2.45, 2.75) is 49.9 Å². The van der Waals surface area contributed by atoms with Crippen LogP contribution in [0.25, 0.3) is 0 Å². The smallest absolute Gasteiger partial charge is 0.150 e. The predicted octanol–water partition coefficient (Wildman–Crippen LogP) is 2.70. The first kappa shape index (κ1) is 16.3. The summed E-state index contributed by atoms with van der Waals surface area (Å²) in [7, 11) is -1.27. The van der Waals surface area contributed by atoms with Crippen LogP contribution in [0, 0.1) is 0 Å². The SMILES string of the molecule is COc1cccc([C@@H](C)NC2CCCC(S(C)(=O)=O)C2)c1. The normalized spacial score (nSPS) is 24.5. The molecule has 0 bridgehead atoms. The van der Waals surface area contributed by atoms with Crippen LogP contribution in [0.2, 0.25) is 0 Å². The highest BCUT2D eigenvalue weighted by Gasteiger charge is 2.29. The Labute approximate surface area is 127 Å². The molecule has 4 nitrogen and oxygen atoms in total. The average Bonchev–Trinajstić information content (AvgIpc) is 2.46. The van der Waals surface area contributed by atoms with Gasteiger partial charge in [0.2, 0.25) is 0 Å². The van der Waals surface area contributed by atoms with Gasteiger partial charge in [0.1, 0.15) is 15.6 Å². The van der Waals surface area contributed by atoms with E-state index < -0.39 is 9.84 Å². The molecule has 1 N–H and O–H groups in total. The first-order valence-electron chi connectivity index (χ1n) is 7.49. The third kappa shape index (κ3) is 4.45. The van der Waals surface area contributed by atoms with Gasteiger partial charge in [-0.15, -0.1) is 0 Å². The zero-order valence-electron chi connectivity index (χ0n) is 13.0. The van der Waals surface area contributed by atoms with Crippen molar-refractivity contribution in [2.24, 2.45) is 0 Å². The fraction of sp³-hybridized carbons (Fsp3) is 0.625. The van der Waals surface area contributed by atoms with Crippen LogP contribution in [-0.4, -0.2) is 33.1 Å². The van der Waals surface area contributed by atoms with Crippen LogP contribution in [-0.2, 0) is 9.84 Å². The zero-order chi connectivity index (χ0) is 15.5. The second kappa shape index (κ2) is 6.79. The maximum atomic E-state index is 11.7. The van der Waals surface area contributed by atoms with Gasteiger partial charge in [0, 0.05) is 18.3 Å². The molecule has 1 aliphatic rings. The summed E-state index contributed by atoms with van der Waals surface area (Å²) in [4.78, 5) is 0. The van der Waals surface area contributed by atoms with Gasteiger partial charge in [-0.2, -0.15) is 0 Å². The van der Waals surface area contributed by atoms with Gasteiger partial charge in [0.15, 0.2) is 0 Å². The summed E-state index contributed by atoms with van der Waals surface area (Å²) < 4.78 is 28.7. The minimum absolute atomic E-state index is 0.184. The molecule has 0 heterocycles. The summed E-state index contributed by atoms with van der Waals surface area (Å²) in [6.45, 7) is 2.11. The molecular formula is C16H25NO3S. The molecule has 118 valence electrons. The molecule has 21 heavy (non-hydrogen) atoms. The third-order valence-corrected chi connectivity index (χ3v) is 5.95. The van der Waals surface area contributed by atoms with E-state index in [1.165, 1.54) is 6.26 Å². The average molecular weight is 311 g/mol. The summed E-state index contributed by atoms with van der Waals surface area (Å²) in [5.74, 6) is 0.846. The van der Waals surface area contributed by atoms with Crippen LogP contribution in [0.15, 0.2) is 24.3 Å². The van der Waals surface area contributed by atoms with Crippen molar-refractivity contribution in [3.63, 3.8) is 0 Å². The number of nitrogens with one attached hydrogen (secondary N) is 1. The standard InChI is InChI=1S/C16H25NO3S/c1-12(13-6-4-8-15(10-13)20-2)17-14-7-5-9-16(11-14)21(3,18)19/h4,6,8,10,12,14,16-17H,5,7,9,11H2,1-3H3/t12-,14?,16?/m1/s1. The van der Waals surface area contributed by atoms with Crippen molar-refractivity contribution in [1.82, 2.24) is 5.32 Å². The van der Waals surface area contributed by atoms with Crippen LogP contribution < -0.4 is 10.1 Å². The van der Waals surface area contributed by atoms with Crippen molar-refractivity contribution in [3.05, 3.63) is 29.8 Å². The van der Waals surface area contributed by atoms with Crippen LogP contribution in [0.1, 0.15) is 44.2 Å². The summed E-state index contributed by atoms with van der Waals surface area (Å²) in [5.41, 5.74) is 1.16. The van der Waals surface area contributed by atoms with Gasteiger partial charge in [0.25, 0.3) is 0 Å². The Balaban J connectivity index is 2.00. The second-order valence-electron chi connectivity index (χ2n) is 5.98. The molecule has 1 aliphatic carbocycles. The lowest BCUT2D eigenvalue weighted by atomic mass is 9.93. The molecule has 0 aliphatic heterocycles. The number of hydrogen-bond acceptors (Lipinski definition) is 4. The van der Waals surface area contributed by atoms with E-state index in [1.54, 1.807) is 7.11 Å². The van der Waals surface area contributed by atoms with Gasteiger partial charge >= 0.3 is 0 Å². The highest BCUT2D eigenvalue weighted by molar-refractivity contribution is 7.91. The molecule has 0 amide bonds. The summed E-state index contributed by atoms with van der Waals surface area (Å²) in [6, 6.07) is 8.44. The fourth-order valence-electron chi connectivity index (χ4n) is 3.05. The molecule has 2 unspecified atom stereocenters. The zero-order valence-corrected chi connectivity index (χ0v) is 13.8.